The highest BCUT2D eigenvalue weighted by Crippen LogP contribution is 2.31. The first-order valence-corrected chi connectivity index (χ1v) is 6.24. The molecule has 0 spiro atoms. The van der Waals surface area contributed by atoms with Crippen molar-refractivity contribution in [1.82, 2.24) is 0 Å². The number of hydrogen-bond donors (Lipinski definition) is 1. The molecular weight excluding hydrogens is 246 g/mol. The first kappa shape index (κ1) is 12.9. The Morgan fingerprint density at radius 2 is 1.83 bits per heavy atom. The van der Waals surface area contributed by atoms with Crippen LogP contribution in [0.5, 0.6) is 11.5 Å². The monoisotopic (exact) mass is 261 g/mol. The molecule has 0 fully saturated rings. The van der Waals surface area contributed by atoms with Crippen molar-refractivity contribution in [2.75, 3.05) is 0 Å². The predicted octanol–water partition coefficient (Wildman–Crippen LogP) is 4.46. The van der Waals surface area contributed by atoms with Crippen molar-refractivity contribution >= 4 is 11.6 Å². The molecule has 0 aliphatic carbocycles. The number of para-hydroxylation sites is 1. The summed E-state index contributed by atoms with van der Waals surface area (Å²) in [6.07, 6.45) is 0. The molecule has 0 unspecified atom stereocenters. The highest BCUT2D eigenvalue weighted by atomic mass is 35.5. The summed E-state index contributed by atoms with van der Waals surface area (Å²) >= 11 is 5.98. The molecule has 1 atom stereocenters. The maximum absolute atomic E-state index is 5.98. The zero-order valence-corrected chi connectivity index (χ0v) is 11.2. The zero-order chi connectivity index (χ0) is 13.1. The molecule has 0 radical (unpaired) electrons. The number of nitrogens with two attached hydrogens (primary N) is 1. The summed E-state index contributed by atoms with van der Waals surface area (Å²) in [4.78, 5) is 0. The van der Waals surface area contributed by atoms with E-state index in [-0.39, 0.29) is 6.04 Å². The molecule has 3 heteroatoms. The molecular formula is C15H16ClNO. The van der Waals surface area contributed by atoms with E-state index in [1.54, 1.807) is 0 Å². The van der Waals surface area contributed by atoms with E-state index in [0.717, 1.165) is 22.6 Å². The normalized spacial score (nSPS) is 12.2. The van der Waals surface area contributed by atoms with Gasteiger partial charge in [0.1, 0.15) is 11.5 Å². The second-order valence-electron chi connectivity index (χ2n) is 4.34. The Morgan fingerprint density at radius 1 is 1.11 bits per heavy atom. The minimum Gasteiger partial charge on any atom is -0.457 e. The van der Waals surface area contributed by atoms with Crippen molar-refractivity contribution in [1.29, 1.82) is 0 Å². The summed E-state index contributed by atoms with van der Waals surface area (Å²) in [5.41, 5.74) is 7.95. The quantitative estimate of drug-likeness (QED) is 0.885. The van der Waals surface area contributed by atoms with Gasteiger partial charge in [0.15, 0.2) is 0 Å². The van der Waals surface area contributed by atoms with Gasteiger partial charge in [0.2, 0.25) is 0 Å². The summed E-state index contributed by atoms with van der Waals surface area (Å²) < 4.78 is 5.92. The highest BCUT2D eigenvalue weighted by molar-refractivity contribution is 6.30. The standard InChI is InChI=1S/C15H16ClNO/c1-10-7-8-12(16)9-15(10)18-14-6-4-3-5-13(14)11(2)17/h3-9,11H,17H2,1-2H3/t11-/m0/s1. The van der Waals surface area contributed by atoms with Gasteiger partial charge in [-0.1, -0.05) is 35.9 Å². The Bertz CT molecular complexity index is 552. The first-order valence-electron chi connectivity index (χ1n) is 5.86. The Morgan fingerprint density at radius 3 is 2.56 bits per heavy atom. The number of rotatable bonds is 3. The van der Waals surface area contributed by atoms with Crippen LogP contribution in [0.3, 0.4) is 0 Å². The van der Waals surface area contributed by atoms with Crippen LogP contribution >= 0.6 is 11.6 Å². The van der Waals surface area contributed by atoms with E-state index < -0.39 is 0 Å². The summed E-state index contributed by atoms with van der Waals surface area (Å²) in [7, 11) is 0. The van der Waals surface area contributed by atoms with E-state index in [9.17, 15) is 0 Å². The number of hydrogen-bond acceptors (Lipinski definition) is 2. The van der Waals surface area contributed by atoms with Crippen LogP contribution in [0.25, 0.3) is 0 Å². The number of aryl methyl sites for hydroxylation is 1. The first-order chi connectivity index (χ1) is 8.58. The van der Waals surface area contributed by atoms with Crippen molar-refractivity contribution in [2.45, 2.75) is 19.9 Å². The SMILES string of the molecule is Cc1ccc(Cl)cc1Oc1ccccc1[C@H](C)N. The van der Waals surface area contributed by atoms with Crippen molar-refractivity contribution < 1.29 is 4.74 Å². The van der Waals surface area contributed by atoms with Crippen LogP contribution < -0.4 is 10.5 Å². The maximum atomic E-state index is 5.98. The van der Waals surface area contributed by atoms with E-state index in [1.807, 2.05) is 56.3 Å². The largest absolute Gasteiger partial charge is 0.457 e. The lowest BCUT2D eigenvalue weighted by Gasteiger charge is -2.15. The van der Waals surface area contributed by atoms with Gasteiger partial charge in [-0.2, -0.15) is 0 Å². The molecule has 0 saturated heterocycles. The van der Waals surface area contributed by atoms with E-state index >= 15 is 0 Å². The predicted molar refractivity (Wildman–Crippen MR) is 75.3 cm³/mol. The lowest BCUT2D eigenvalue weighted by molar-refractivity contribution is 0.468. The third-order valence-corrected chi connectivity index (χ3v) is 3.01. The van der Waals surface area contributed by atoms with E-state index in [2.05, 4.69) is 0 Å². The average Bonchev–Trinajstić information content (AvgIpc) is 2.34. The molecule has 94 valence electrons. The molecule has 2 aromatic rings. The number of benzene rings is 2. The summed E-state index contributed by atoms with van der Waals surface area (Å²) in [5, 5.41) is 0.661. The van der Waals surface area contributed by atoms with Crippen molar-refractivity contribution in [2.24, 2.45) is 5.73 Å². The molecule has 18 heavy (non-hydrogen) atoms. The topological polar surface area (TPSA) is 35.2 Å². The molecule has 0 aliphatic rings. The van der Waals surface area contributed by atoms with Crippen LogP contribution in [0.4, 0.5) is 0 Å². The van der Waals surface area contributed by atoms with Gasteiger partial charge >= 0.3 is 0 Å². The van der Waals surface area contributed by atoms with Gasteiger partial charge in [-0.25, -0.2) is 0 Å². The summed E-state index contributed by atoms with van der Waals surface area (Å²) in [6, 6.07) is 13.3. The molecule has 0 heterocycles. The molecule has 2 N–H and O–H groups in total. The second-order valence-corrected chi connectivity index (χ2v) is 4.77. The van der Waals surface area contributed by atoms with Crippen LogP contribution in [0.1, 0.15) is 24.1 Å². The Hall–Kier alpha value is -1.51. The van der Waals surface area contributed by atoms with Crippen molar-refractivity contribution in [3.8, 4) is 11.5 Å². The molecule has 0 bridgehead atoms. The fourth-order valence-electron chi connectivity index (χ4n) is 1.75. The molecule has 0 aromatic heterocycles. The maximum Gasteiger partial charge on any atom is 0.132 e. The van der Waals surface area contributed by atoms with Crippen molar-refractivity contribution in [3.63, 3.8) is 0 Å². The van der Waals surface area contributed by atoms with E-state index in [1.165, 1.54) is 0 Å². The van der Waals surface area contributed by atoms with Crippen LogP contribution in [0, 0.1) is 6.92 Å². The molecule has 0 saturated carbocycles. The van der Waals surface area contributed by atoms with Gasteiger partial charge < -0.3 is 10.5 Å². The fraction of sp³-hybridized carbons (Fsp3) is 0.200. The van der Waals surface area contributed by atoms with Crippen LogP contribution in [0.2, 0.25) is 5.02 Å². The van der Waals surface area contributed by atoms with Crippen LogP contribution in [-0.4, -0.2) is 0 Å². The van der Waals surface area contributed by atoms with Gasteiger partial charge in [-0.05, 0) is 37.6 Å². The summed E-state index contributed by atoms with van der Waals surface area (Å²) in [5.74, 6) is 1.54. The lowest BCUT2D eigenvalue weighted by Crippen LogP contribution is -2.06. The second kappa shape index (κ2) is 5.42. The van der Waals surface area contributed by atoms with Gasteiger partial charge in [-0.15, -0.1) is 0 Å². The minimum absolute atomic E-state index is 0.0688. The van der Waals surface area contributed by atoms with Crippen LogP contribution in [0.15, 0.2) is 42.5 Å². The molecule has 2 aromatic carbocycles. The van der Waals surface area contributed by atoms with Gasteiger partial charge in [0, 0.05) is 16.6 Å². The third-order valence-electron chi connectivity index (χ3n) is 2.78. The number of ether oxygens (including phenoxy) is 1. The number of halogens is 1. The van der Waals surface area contributed by atoms with E-state index in [0.29, 0.717) is 5.02 Å². The van der Waals surface area contributed by atoms with Crippen LogP contribution in [-0.2, 0) is 0 Å². The third kappa shape index (κ3) is 2.84. The highest BCUT2D eigenvalue weighted by Gasteiger charge is 2.09. The molecule has 0 aliphatic heterocycles. The zero-order valence-electron chi connectivity index (χ0n) is 10.5. The molecule has 0 amide bonds. The smallest absolute Gasteiger partial charge is 0.132 e. The Kier molecular flexibility index (Phi) is 3.90. The van der Waals surface area contributed by atoms with Gasteiger partial charge in [0.25, 0.3) is 0 Å². The van der Waals surface area contributed by atoms with Crippen molar-refractivity contribution in [3.05, 3.63) is 58.6 Å². The molecule has 2 nitrogen and oxygen atoms in total. The van der Waals surface area contributed by atoms with Gasteiger partial charge in [0.05, 0.1) is 0 Å². The summed E-state index contributed by atoms with van der Waals surface area (Å²) in [6.45, 7) is 3.92. The lowest BCUT2D eigenvalue weighted by atomic mass is 10.1. The minimum atomic E-state index is -0.0688. The van der Waals surface area contributed by atoms with Gasteiger partial charge in [-0.3, -0.25) is 0 Å². The Labute approximate surface area is 112 Å². The average molecular weight is 262 g/mol. The Balaban J connectivity index is 2.37. The molecule has 2 rings (SSSR count). The fourth-order valence-corrected chi connectivity index (χ4v) is 1.91. The van der Waals surface area contributed by atoms with E-state index in [4.69, 9.17) is 22.1 Å².